The van der Waals surface area contributed by atoms with Crippen LogP contribution < -0.4 is 11.5 Å². The molecule has 6 nitrogen and oxygen atoms in total. The van der Waals surface area contributed by atoms with Crippen molar-refractivity contribution in [3.8, 4) is 0 Å². The van der Waals surface area contributed by atoms with Crippen LogP contribution in [0.5, 0.6) is 0 Å². The van der Waals surface area contributed by atoms with Crippen LogP contribution in [0.1, 0.15) is 11.3 Å². The molecule has 0 aliphatic heterocycles. The van der Waals surface area contributed by atoms with Crippen LogP contribution in [0.15, 0.2) is 30.3 Å². The Morgan fingerprint density at radius 3 is 2.53 bits per heavy atom. The third-order valence-electron chi connectivity index (χ3n) is 2.78. The molecule has 19 heavy (non-hydrogen) atoms. The van der Waals surface area contributed by atoms with Gasteiger partial charge in [-0.1, -0.05) is 30.3 Å². The molecule has 0 fully saturated rings. The van der Waals surface area contributed by atoms with Gasteiger partial charge >= 0.3 is 0 Å². The number of nitrogens with zero attached hydrogens (tertiary/aromatic N) is 4. The maximum atomic E-state index is 5.76. The molecule has 3 aromatic rings. The minimum absolute atomic E-state index is 0.207. The lowest BCUT2D eigenvalue weighted by molar-refractivity contribution is 1.06. The molecule has 0 aliphatic rings. The molecule has 0 atom stereocenters. The Balaban J connectivity index is 2.15. The molecule has 3 rings (SSSR count). The van der Waals surface area contributed by atoms with E-state index < -0.39 is 0 Å². The molecule has 0 amide bonds. The number of aromatic nitrogens is 4. The quantitative estimate of drug-likeness (QED) is 0.750. The number of fused-ring (bicyclic) bond motifs is 1. The van der Waals surface area contributed by atoms with Crippen molar-refractivity contribution in [2.24, 2.45) is 0 Å². The van der Waals surface area contributed by atoms with Gasteiger partial charge in [-0.05, 0) is 5.56 Å². The summed E-state index contributed by atoms with van der Waals surface area (Å²) in [5.41, 5.74) is 14.6. The van der Waals surface area contributed by atoms with E-state index in [1.807, 2.05) is 30.3 Å². The predicted octanol–water partition coefficient (Wildman–Crippen LogP) is 1.74. The first-order valence-corrected chi connectivity index (χ1v) is 6.36. The van der Waals surface area contributed by atoms with Gasteiger partial charge in [-0.2, -0.15) is 4.98 Å². The van der Waals surface area contributed by atoms with Crippen molar-refractivity contribution in [2.75, 3.05) is 11.5 Å². The van der Waals surface area contributed by atoms with Gasteiger partial charge in [-0.25, -0.2) is 13.6 Å². The summed E-state index contributed by atoms with van der Waals surface area (Å²) >= 11 is 3.29. The molecule has 0 unspecified atom stereocenters. The Labute approximate surface area is 117 Å². The van der Waals surface area contributed by atoms with E-state index in [0.29, 0.717) is 23.5 Å². The molecule has 96 valence electrons. The van der Waals surface area contributed by atoms with E-state index >= 15 is 0 Å². The Kier molecular flexibility index (Phi) is 2.83. The lowest BCUT2D eigenvalue weighted by Gasteiger charge is -2.03. The van der Waals surface area contributed by atoms with Crippen molar-refractivity contribution in [1.82, 2.24) is 18.5 Å². The summed E-state index contributed by atoms with van der Waals surface area (Å²) in [7, 11) is 0. The van der Waals surface area contributed by atoms with Crippen LogP contribution in [-0.4, -0.2) is 18.5 Å². The number of nitrogens with two attached hydrogens (primary N) is 2. The highest BCUT2D eigenvalue weighted by Crippen LogP contribution is 2.23. The molecule has 0 radical (unpaired) electrons. The van der Waals surface area contributed by atoms with E-state index in [1.165, 1.54) is 3.59 Å². The van der Waals surface area contributed by atoms with Gasteiger partial charge in [-0.15, -0.1) is 0 Å². The molecule has 0 spiro atoms. The highest BCUT2D eigenvalue weighted by atomic mass is 79.9. The fourth-order valence-electron chi connectivity index (χ4n) is 1.94. The number of hydrogen-bond donors (Lipinski definition) is 2. The van der Waals surface area contributed by atoms with Crippen LogP contribution in [0.3, 0.4) is 0 Å². The predicted molar refractivity (Wildman–Crippen MR) is 77.7 cm³/mol. The summed E-state index contributed by atoms with van der Waals surface area (Å²) in [6.45, 7) is 0. The normalized spacial score (nSPS) is 11.0. The van der Waals surface area contributed by atoms with Crippen molar-refractivity contribution >= 4 is 39.2 Å². The maximum Gasteiger partial charge on any atom is 0.222 e. The highest BCUT2D eigenvalue weighted by Gasteiger charge is 2.14. The molecule has 2 aromatic heterocycles. The summed E-state index contributed by atoms with van der Waals surface area (Å²) in [6, 6.07) is 9.99. The molecular weight excluding hydrogens is 308 g/mol. The van der Waals surface area contributed by atoms with Crippen LogP contribution >= 0.6 is 16.1 Å². The first kappa shape index (κ1) is 11.9. The van der Waals surface area contributed by atoms with Crippen LogP contribution in [0, 0.1) is 0 Å². The van der Waals surface area contributed by atoms with Crippen molar-refractivity contribution in [3.05, 3.63) is 41.6 Å². The molecule has 2 heterocycles. The van der Waals surface area contributed by atoms with Gasteiger partial charge in [0.15, 0.2) is 5.65 Å². The molecule has 7 heteroatoms. The number of rotatable bonds is 2. The Hall–Kier alpha value is -2.15. The second kappa shape index (κ2) is 4.51. The van der Waals surface area contributed by atoms with Crippen LogP contribution in [-0.2, 0) is 6.42 Å². The second-order valence-corrected chi connectivity index (χ2v) is 4.82. The van der Waals surface area contributed by atoms with Crippen molar-refractivity contribution < 1.29 is 0 Å². The van der Waals surface area contributed by atoms with Gasteiger partial charge in [0, 0.05) is 6.42 Å². The minimum Gasteiger partial charge on any atom is -0.368 e. The van der Waals surface area contributed by atoms with Crippen LogP contribution in [0.25, 0.3) is 11.2 Å². The Morgan fingerprint density at radius 2 is 1.79 bits per heavy atom. The van der Waals surface area contributed by atoms with Crippen molar-refractivity contribution in [1.29, 1.82) is 0 Å². The number of anilines is 2. The first-order valence-electron chi connectivity index (χ1n) is 5.65. The van der Waals surface area contributed by atoms with E-state index in [4.69, 9.17) is 11.5 Å². The molecule has 1 aromatic carbocycles. The molecule has 0 aliphatic carbocycles. The molecule has 4 N–H and O–H groups in total. The first-order chi connectivity index (χ1) is 9.15. The lowest BCUT2D eigenvalue weighted by atomic mass is 10.1. The van der Waals surface area contributed by atoms with E-state index in [2.05, 4.69) is 31.1 Å². The third-order valence-corrected chi connectivity index (χ3v) is 3.48. The van der Waals surface area contributed by atoms with Gasteiger partial charge in [0.2, 0.25) is 11.9 Å². The smallest absolute Gasteiger partial charge is 0.222 e. The van der Waals surface area contributed by atoms with Gasteiger partial charge in [0.25, 0.3) is 0 Å². The van der Waals surface area contributed by atoms with E-state index in [0.717, 1.165) is 11.3 Å². The van der Waals surface area contributed by atoms with Crippen LogP contribution in [0.4, 0.5) is 11.9 Å². The van der Waals surface area contributed by atoms with Crippen molar-refractivity contribution in [2.45, 2.75) is 6.42 Å². The lowest BCUT2D eigenvalue weighted by Crippen LogP contribution is -2.02. The van der Waals surface area contributed by atoms with E-state index in [9.17, 15) is 0 Å². The molecular formula is C12H11BrN6. The Bertz CT molecular complexity index is 737. The average molecular weight is 319 g/mol. The summed E-state index contributed by atoms with van der Waals surface area (Å²) in [5.74, 6) is 0.531. The third kappa shape index (κ3) is 2.12. The van der Waals surface area contributed by atoms with Gasteiger partial charge < -0.3 is 11.5 Å². The number of hydrogen-bond acceptors (Lipinski definition) is 5. The maximum absolute atomic E-state index is 5.76. The van der Waals surface area contributed by atoms with E-state index in [1.54, 1.807) is 0 Å². The van der Waals surface area contributed by atoms with Gasteiger partial charge in [0.05, 0.1) is 21.8 Å². The number of halogens is 1. The molecule has 0 saturated heterocycles. The molecule has 0 saturated carbocycles. The topological polar surface area (TPSA) is 95.6 Å². The fraction of sp³-hybridized carbons (Fsp3) is 0.0833. The number of imidazole rings is 1. The SMILES string of the molecule is Nc1nc(Cc2ccccc2)c2nc(N)n(Br)c2n1. The van der Waals surface area contributed by atoms with Gasteiger partial charge in [-0.3, -0.25) is 0 Å². The average Bonchev–Trinajstić information content (AvgIpc) is 2.68. The number of nitrogen functional groups attached to an aromatic ring is 2. The van der Waals surface area contributed by atoms with Crippen LogP contribution in [0.2, 0.25) is 0 Å². The van der Waals surface area contributed by atoms with E-state index in [-0.39, 0.29) is 5.95 Å². The van der Waals surface area contributed by atoms with Crippen molar-refractivity contribution in [3.63, 3.8) is 0 Å². The largest absolute Gasteiger partial charge is 0.368 e. The summed E-state index contributed by atoms with van der Waals surface area (Å²) in [5, 5.41) is 0. The zero-order valence-electron chi connectivity index (χ0n) is 9.92. The standard InChI is InChI=1S/C12H11BrN6/c13-19-10-9(17-12(19)15)8(16-11(14)18-10)6-7-4-2-1-3-5-7/h1-5H,6H2,(H2,15,17)(H2,14,16,18). The highest BCUT2D eigenvalue weighted by molar-refractivity contribution is 9.08. The zero-order chi connectivity index (χ0) is 13.4. The Morgan fingerprint density at radius 1 is 1.05 bits per heavy atom. The minimum atomic E-state index is 0.207. The summed E-state index contributed by atoms with van der Waals surface area (Å²) in [6.07, 6.45) is 0.632. The molecule has 0 bridgehead atoms. The summed E-state index contributed by atoms with van der Waals surface area (Å²) < 4.78 is 1.52. The fourth-order valence-corrected chi connectivity index (χ4v) is 2.26. The second-order valence-electron chi connectivity index (χ2n) is 4.11. The van der Waals surface area contributed by atoms with Gasteiger partial charge in [0.1, 0.15) is 5.52 Å². The summed E-state index contributed by atoms with van der Waals surface area (Å²) in [4.78, 5) is 12.7. The monoisotopic (exact) mass is 318 g/mol. The number of benzene rings is 1. The zero-order valence-corrected chi connectivity index (χ0v) is 11.5.